The molecule has 0 amide bonds. The molecule has 166 valence electrons. The van der Waals surface area contributed by atoms with E-state index in [2.05, 4.69) is 44.4 Å². The molecule has 3 aromatic heterocycles. The number of pyridine rings is 2. The van der Waals surface area contributed by atoms with Crippen molar-refractivity contribution < 1.29 is 0 Å². The summed E-state index contributed by atoms with van der Waals surface area (Å²) < 4.78 is 0. The predicted molar refractivity (Wildman–Crippen MR) is 134 cm³/mol. The number of aryl methyl sites for hydroxylation is 1. The van der Waals surface area contributed by atoms with Gasteiger partial charge in [0.2, 0.25) is 5.13 Å². The lowest BCUT2D eigenvalue weighted by molar-refractivity contribution is 0.485. The molecule has 1 aliphatic heterocycles. The summed E-state index contributed by atoms with van der Waals surface area (Å²) in [5.74, 6) is 0. The van der Waals surface area contributed by atoms with E-state index < -0.39 is 4.87 Å². The van der Waals surface area contributed by atoms with Crippen molar-refractivity contribution in [3.05, 3.63) is 101 Å². The van der Waals surface area contributed by atoms with Crippen molar-refractivity contribution in [1.82, 2.24) is 20.2 Å². The summed E-state index contributed by atoms with van der Waals surface area (Å²) in [6, 6.07) is 18.2. The van der Waals surface area contributed by atoms with E-state index in [1.54, 1.807) is 24.2 Å². The quantitative estimate of drug-likeness (QED) is 0.409. The summed E-state index contributed by atoms with van der Waals surface area (Å²) in [7, 11) is 0. The highest BCUT2D eigenvalue weighted by molar-refractivity contribution is 8.15. The lowest BCUT2D eigenvalue weighted by Crippen LogP contribution is -2.38. The fraction of sp³-hybridized carbons (Fsp3) is 0.208. The monoisotopic (exact) mass is 473 g/mol. The molecule has 4 heterocycles. The second kappa shape index (κ2) is 9.38. The van der Waals surface area contributed by atoms with E-state index in [-0.39, 0.29) is 6.04 Å². The average molecular weight is 474 g/mol. The van der Waals surface area contributed by atoms with Crippen LogP contribution in [0.2, 0.25) is 0 Å². The molecule has 5 rings (SSSR count). The summed E-state index contributed by atoms with van der Waals surface area (Å²) >= 11 is 3.25. The van der Waals surface area contributed by atoms with Crippen LogP contribution in [0.1, 0.15) is 40.6 Å². The van der Waals surface area contributed by atoms with Gasteiger partial charge in [0.25, 0.3) is 0 Å². The Bertz CT molecular complexity index is 1230. The van der Waals surface area contributed by atoms with Crippen LogP contribution in [0.3, 0.4) is 0 Å². The van der Waals surface area contributed by atoms with Gasteiger partial charge in [0.05, 0.1) is 0 Å². The van der Waals surface area contributed by atoms with Crippen LogP contribution in [0.4, 0.5) is 5.13 Å². The van der Waals surface area contributed by atoms with Gasteiger partial charge in [-0.25, -0.2) is 5.01 Å². The van der Waals surface area contributed by atoms with Gasteiger partial charge >= 0.3 is 0 Å². The third-order valence-corrected chi connectivity index (χ3v) is 7.81. The van der Waals surface area contributed by atoms with Crippen LogP contribution >= 0.6 is 23.1 Å². The van der Waals surface area contributed by atoms with Crippen molar-refractivity contribution in [3.8, 4) is 0 Å². The summed E-state index contributed by atoms with van der Waals surface area (Å²) in [5.41, 5.74) is 9.74. The Kier molecular flexibility index (Phi) is 6.17. The fourth-order valence-corrected chi connectivity index (χ4v) is 6.00. The molecule has 0 saturated carbocycles. The van der Waals surface area contributed by atoms with Gasteiger partial charge in [-0.1, -0.05) is 59.5 Å². The number of benzene rings is 1. The molecule has 33 heavy (non-hydrogen) atoms. The molecule has 0 saturated heterocycles. The van der Waals surface area contributed by atoms with E-state index in [0.717, 1.165) is 44.7 Å². The first-order valence-corrected chi connectivity index (χ1v) is 12.3. The molecule has 0 spiro atoms. The maximum absolute atomic E-state index is 6.60. The molecule has 2 unspecified atom stereocenters. The highest BCUT2D eigenvalue weighted by Gasteiger charge is 2.47. The second-order valence-corrected chi connectivity index (χ2v) is 10.2. The largest absolute Gasteiger partial charge is 0.324 e. The van der Waals surface area contributed by atoms with Crippen molar-refractivity contribution in [2.75, 3.05) is 5.01 Å². The van der Waals surface area contributed by atoms with Crippen molar-refractivity contribution in [3.63, 3.8) is 0 Å². The van der Waals surface area contributed by atoms with E-state index in [9.17, 15) is 0 Å². The van der Waals surface area contributed by atoms with E-state index in [1.165, 1.54) is 11.3 Å². The molecule has 0 fully saturated rings. The van der Waals surface area contributed by atoms with Crippen molar-refractivity contribution in [1.29, 1.82) is 0 Å². The molecule has 2 atom stereocenters. The van der Waals surface area contributed by atoms with E-state index in [4.69, 9.17) is 10.8 Å². The number of hydrazone groups is 1. The Labute approximate surface area is 200 Å². The first kappa shape index (κ1) is 21.7. The molecule has 1 aliphatic rings. The van der Waals surface area contributed by atoms with E-state index in [0.29, 0.717) is 0 Å². The Morgan fingerprint density at radius 1 is 0.970 bits per heavy atom. The van der Waals surface area contributed by atoms with Crippen molar-refractivity contribution in [2.45, 2.75) is 30.7 Å². The van der Waals surface area contributed by atoms with E-state index in [1.807, 2.05) is 54.7 Å². The van der Waals surface area contributed by atoms with Gasteiger partial charge in [-0.15, -0.1) is 10.2 Å². The standard InChI is InChI=1S/C24H23N7S2/c1-17-28-29-23(32-17)31-24(20-9-3-2-4-10-20,12-11-21(25)18-7-5-13-26-15-18)33-22(30-31)19-8-6-14-27-16-19/h2-10,13-16,21H,11-12,25H2,1H3. The van der Waals surface area contributed by atoms with Crippen LogP contribution in [0.5, 0.6) is 0 Å². The Morgan fingerprint density at radius 3 is 2.42 bits per heavy atom. The third kappa shape index (κ3) is 4.39. The van der Waals surface area contributed by atoms with Gasteiger partial charge < -0.3 is 5.73 Å². The van der Waals surface area contributed by atoms with Crippen molar-refractivity contribution >= 4 is 33.3 Å². The zero-order valence-electron chi connectivity index (χ0n) is 18.1. The smallest absolute Gasteiger partial charge is 0.230 e. The molecule has 1 aromatic carbocycles. The summed E-state index contributed by atoms with van der Waals surface area (Å²) in [6.07, 6.45) is 8.72. The zero-order valence-corrected chi connectivity index (χ0v) is 19.7. The number of hydrogen-bond acceptors (Lipinski definition) is 9. The second-order valence-electron chi connectivity index (χ2n) is 7.75. The van der Waals surface area contributed by atoms with E-state index >= 15 is 0 Å². The molecule has 2 N–H and O–H groups in total. The molecule has 4 aromatic rings. The number of thioether (sulfide) groups is 1. The van der Waals surface area contributed by atoms with Gasteiger partial charge in [-0.2, -0.15) is 5.10 Å². The molecule has 0 radical (unpaired) electrons. The molecule has 0 bridgehead atoms. The van der Waals surface area contributed by atoms with Crippen LogP contribution < -0.4 is 10.7 Å². The number of hydrogen-bond donors (Lipinski definition) is 1. The Balaban J connectivity index is 1.57. The number of nitrogens with zero attached hydrogens (tertiary/aromatic N) is 6. The summed E-state index contributed by atoms with van der Waals surface area (Å²) in [5, 5.41) is 18.3. The minimum Gasteiger partial charge on any atom is -0.324 e. The maximum Gasteiger partial charge on any atom is 0.230 e. The zero-order chi connectivity index (χ0) is 22.7. The highest BCUT2D eigenvalue weighted by atomic mass is 32.2. The van der Waals surface area contributed by atoms with Crippen LogP contribution in [0, 0.1) is 6.92 Å². The van der Waals surface area contributed by atoms with Gasteiger partial charge in [0.15, 0.2) is 0 Å². The third-order valence-electron chi connectivity index (χ3n) is 5.54. The normalized spacial score (nSPS) is 18.8. The number of anilines is 1. The lowest BCUT2D eigenvalue weighted by Gasteiger charge is -2.36. The lowest BCUT2D eigenvalue weighted by atomic mass is 9.96. The molecule has 0 aliphatic carbocycles. The van der Waals surface area contributed by atoms with Gasteiger partial charge in [-0.3, -0.25) is 9.97 Å². The average Bonchev–Trinajstić information content (AvgIpc) is 3.48. The van der Waals surface area contributed by atoms with Gasteiger partial charge in [-0.05, 0) is 49.1 Å². The SMILES string of the molecule is Cc1nnc(N2N=C(c3cccnc3)SC2(CCC(N)c2cccnc2)c2ccccc2)s1. The molecule has 7 nitrogen and oxygen atoms in total. The first-order chi connectivity index (χ1) is 16.2. The molecule has 9 heteroatoms. The van der Waals surface area contributed by atoms with Crippen LogP contribution in [0.15, 0.2) is 84.5 Å². The number of aromatic nitrogens is 4. The Morgan fingerprint density at radius 2 is 1.76 bits per heavy atom. The van der Waals surface area contributed by atoms with Crippen molar-refractivity contribution in [2.24, 2.45) is 10.8 Å². The number of nitrogens with two attached hydrogens (primary N) is 1. The van der Waals surface area contributed by atoms with Gasteiger partial charge in [0.1, 0.15) is 14.9 Å². The van der Waals surface area contributed by atoms with Crippen LogP contribution in [-0.4, -0.2) is 25.2 Å². The first-order valence-electron chi connectivity index (χ1n) is 10.6. The molecular formula is C24H23N7S2. The summed E-state index contributed by atoms with van der Waals surface area (Å²) in [4.78, 5) is 8.02. The minimum atomic E-state index is -0.516. The predicted octanol–water partition coefficient (Wildman–Crippen LogP) is 4.88. The Hall–Kier alpha value is -3.14. The number of rotatable bonds is 7. The van der Waals surface area contributed by atoms with Crippen LogP contribution in [0.25, 0.3) is 0 Å². The minimum absolute atomic E-state index is 0.139. The highest BCUT2D eigenvalue weighted by Crippen LogP contribution is 2.53. The van der Waals surface area contributed by atoms with Crippen LogP contribution in [-0.2, 0) is 4.87 Å². The fourth-order valence-electron chi connectivity index (χ4n) is 3.86. The summed E-state index contributed by atoms with van der Waals surface area (Å²) in [6.45, 7) is 1.96. The maximum atomic E-state index is 6.60. The molecular weight excluding hydrogens is 450 g/mol. The van der Waals surface area contributed by atoms with Gasteiger partial charge in [0, 0.05) is 36.4 Å². The topological polar surface area (TPSA) is 93.2 Å².